The summed E-state index contributed by atoms with van der Waals surface area (Å²) in [5.41, 5.74) is 0.860. The number of anilines is 1. The van der Waals surface area contributed by atoms with Crippen LogP contribution in [-0.4, -0.2) is 18.0 Å². The summed E-state index contributed by atoms with van der Waals surface area (Å²) in [4.78, 5) is 23.9. The third-order valence-electron chi connectivity index (χ3n) is 2.83. The molecule has 4 nitrogen and oxygen atoms in total. The molecule has 0 radical (unpaired) electrons. The van der Waals surface area contributed by atoms with Crippen molar-refractivity contribution in [1.29, 1.82) is 0 Å². The smallest absolute Gasteiger partial charge is 0.338 e. The Morgan fingerprint density at radius 2 is 1.73 bits per heavy atom. The van der Waals surface area contributed by atoms with Gasteiger partial charge in [-0.25, -0.2) is 4.79 Å². The van der Waals surface area contributed by atoms with Crippen LogP contribution in [0.3, 0.4) is 0 Å². The van der Waals surface area contributed by atoms with Gasteiger partial charge in [0.05, 0.1) is 5.56 Å². The number of hydrogen-bond donors (Lipinski definition) is 1. The fourth-order valence-corrected chi connectivity index (χ4v) is 1.99. The second-order valence-electron chi connectivity index (χ2n) is 4.55. The van der Waals surface area contributed by atoms with Crippen molar-refractivity contribution < 1.29 is 14.3 Å². The maximum Gasteiger partial charge on any atom is 0.338 e. The number of benzene rings is 2. The van der Waals surface area contributed by atoms with Gasteiger partial charge in [-0.15, -0.1) is 0 Å². The van der Waals surface area contributed by atoms with Gasteiger partial charge in [-0.3, -0.25) is 4.79 Å². The summed E-state index contributed by atoms with van der Waals surface area (Å²) in [6, 6.07) is 12.9. The van der Waals surface area contributed by atoms with E-state index in [1.807, 2.05) is 0 Å². The predicted molar refractivity (Wildman–Crippen MR) is 86.4 cm³/mol. The second kappa shape index (κ2) is 7.29. The van der Waals surface area contributed by atoms with Gasteiger partial charge in [-0.2, -0.15) is 0 Å². The van der Waals surface area contributed by atoms with E-state index in [2.05, 4.69) is 5.32 Å². The first-order chi connectivity index (χ1) is 10.5. The van der Waals surface area contributed by atoms with E-state index in [-0.39, 0.29) is 0 Å². The highest BCUT2D eigenvalue weighted by Gasteiger charge is 2.19. The molecule has 1 atom stereocenters. The van der Waals surface area contributed by atoms with E-state index in [1.165, 1.54) is 19.1 Å². The average Bonchev–Trinajstić information content (AvgIpc) is 2.47. The first-order valence-corrected chi connectivity index (χ1v) is 7.24. The molecule has 114 valence electrons. The van der Waals surface area contributed by atoms with Crippen LogP contribution in [0.1, 0.15) is 17.3 Å². The second-order valence-corrected chi connectivity index (χ2v) is 5.43. The van der Waals surface area contributed by atoms with Gasteiger partial charge in [0.25, 0.3) is 5.91 Å². The maximum atomic E-state index is 12.0. The fourth-order valence-electron chi connectivity index (χ4n) is 1.68. The molecule has 2 aromatic carbocycles. The topological polar surface area (TPSA) is 55.4 Å². The van der Waals surface area contributed by atoms with Gasteiger partial charge in [0, 0.05) is 15.7 Å². The van der Waals surface area contributed by atoms with Crippen molar-refractivity contribution in [2.45, 2.75) is 13.0 Å². The van der Waals surface area contributed by atoms with Gasteiger partial charge in [0.2, 0.25) is 0 Å². The van der Waals surface area contributed by atoms with Crippen molar-refractivity contribution >= 4 is 40.8 Å². The quantitative estimate of drug-likeness (QED) is 0.851. The molecule has 0 aliphatic rings. The van der Waals surface area contributed by atoms with Crippen LogP contribution >= 0.6 is 23.2 Å². The molecule has 6 heteroatoms. The lowest BCUT2D eigenvalue weighted by Gasteiger charge is -2.13. The molecular formula is C16H13Cl2NO3. The van der Waals surface area contributed by atoms with Gasteiger partial charge in [-0.05, 0) is 49.4 Å². The van der Waals surface area contributed by atoms with Crippen molar-refractivity contribution in [3.05, 3.63) is 64.1 Å². The molecule has 1 unspecified atom stereocenters. The molecule has 2 aromatic rings. The highest BCUT2D eigenvalue weighted by molar-refractivity contribution is 6.31. The van der Waals surface area contributed by atoms with E-state index >= 15 is 0 Å². The van der Waals surface area contributed by atoms with E-state index < -0.39 is 18.0 Å². The van der Waals surface area contributed by atoms with Gasteiger partial charge in [0.15, 0.2) is 6.10 Å². The Morgan fingerprint density at radius 3 is 2.36 bits per heavy atom. The molecular weight excluding hydrogens is 325 g/mol. The number of halogens is 2. The molecule has 0 heterocycles. The van der Waals surface area contributed by atoms with Crippen LogP contribution in [0.4, 0.5) is 5.69 Å². The summed E-state index contributed by atoms with van der Waals surface area (Å²) >= 11 is 11.6. The summed E-state index contributed by atoms with van der Waals surface area (Å²) in [5.74, 6) is -1.03. The normalized spacial score (nSPS) is 11.6. The Morgan fingerprint density at radius 1 is 1.05 bits per heavy atom. The summed E-state index contributed by atoms with van der Waals surface area (Å²) in [6.07, 6.45) is -0.942. The van der Waals surface area contributed by atoms with Crippen molar-refractivity contribution in [2.24, 2.45) is 0 Å². The van der Waals surface area contributed by atoms with Crippen molar-refractivity contribution in [3.8, 4) is 0 Å². The van der Waals surface area contributed by atoms with Gasteiger partial charge < -0.3 is 10.1 Å². The van der Waals surface area contributed by atoms with E-state index in [0.717, 1.165) is 0 Å². The molecule has 0 fully saturated rings. The van der Waals surface area contributed by atoms with Crippen LogP contribution in [0.25, 0.3) is 0 Å². The third-order valence-corrected chi connectivity index (χ3v) is 3.31. The number of nitrogens with one attached hydrogen (secondary N) is 1. The Balaban J connectivity index is 1.96. The molecule has 0 aromatic heterocycles. The first-order valence-electron chi connectivity index (χ1n) is 6.48. The van der Waals surface area contributed by atoms with Crippen LogP contribution in [0.15, 0.2) is 48.5 Å². The number of hydrogen-bond acceptors (Lipinski definition) is 3. The molecule has 0 saturated heterocycles. The first kappa shape index (κ1) is 16.3. The van der Waals surface area contributed by atoms with E-state index in [0.29, 0.717) is 21.3 Å². The van der Waals surface area contributed by atoms with Crippen LogP contribution < -0.4 is 5.32 Å². The number of carbonyl (C=O) groups is 2. The zero-order chi connectivity index (χ0) is 16.1. The molecule has 22 heavy (non-hydrogen) atoms. The number of rotatable bonds is 4. The Bertz CT molecular complexity index is 686. The highest BCUT2D eigenvalue weighted by atomic mass is 35.5. The summed E-state index contributed by atoms with van der Waals surface area (Å²) < 4.78 is 5.11. The molecule has 0 spiro atoms. The largest absolute Gasteiger partial charge is 0.449 e. The maximum absolute atomic E-state index is 12.0. The SMILES string of the molecule is CC(OC(=O)c1ccc(Cl)cc1)C(=O)Nc1cccc(Cl)c1. The minimum atomic E-state index is -0.942. The minimum Gasteiger partial charge on any atom is -0.449 e. The van der Waals surface area contributed by atoms with E-state index in [9.17, 15) is 9.59 Å². The average molecular weight is 338 g/mol. The monoisotopic (exact) mass is 337 g/mol. The number of amides is 1. The third kappa shape index (κ3) is 4.48. The molecule has 0 aliphatic carbocycles. The van der Waals surface area contributed by atoms with Crippen LogP contribution in [0, 0.1) is 0 Å². The summed E-state index contributed by atoms with van der Waals surface area (Å²) in [6.45, 7) is 1.49. The molecule has 0 aliphatic heterocycles. The molecule has 1 amide bonds. The lowest BCUT2D eigenvalue weighted by atomic mass is 10.2. The Kier molecular flexibility index (Phi) is 5.41. The number of ether oxygens (including phenoxy) is 1. The highest BCUT2D eigenvalue weighted by Crippen LogP contribution is 2.16. The van der Waals surface area contributed by atoms with E-state index in [4.69, 9.17) is 27.9 Å². The van der Waals surface area contributed by atoms with Gasteiger partial charge in [-0.1, -0.05) is 29.3 Å². The Labute approximate surface area is 138 Å². The van der Waals surface area contributed by atoms with Crippen LogP contribution in [-0.2, 0) is 9.53 Å². The standard InChI is InChI=1S/C16H13Cl2NO3/c1-10(15(20)19-14-4-2-3-13(18)9-14)22-16(21)11-5-7-12(17)8-6-11/h2-10H,1H3,(H,19,20). The van der Waals surface area contributed by atoms with E-state index in [1.54, 1.807) is 36.4 Å². The lowest BCUT2D eigenvalue weighted by molar-refractivity contribution is -0.123. The van der Waals surface area contributed by atoms with Crippen LogP contribution in [0.2, 0.25) is 10.0 Å². The van der Waals surface area contributed by atoms with Crippen molar-refractivity contribution in [2.75, 3.05) is 5.32 Å². The molecule has 2 rings (SSSR count). The van der Waals surface area contributed by atoms with Gasteiger partial charge >= 0.3 is 5.97 Å². The number of esters is 1. The summed E-state index contributed by atoms with van der Waals surface area (Å²) in [5, 5.41) is 3.65. The number of carbonyl (C=O) groups excluding carboxylic acids is 2. The summed E-state index contributed by atoms with van der Waals surface area (Å²) in [7, 11) is 0. The molecule has 1 N–H and O–H groups in total. The van der Waals surface area contributed by atoms with Gasteiger partial charge in [0.1, 0.15) is 0 Å². The minimum absolute atomic E-state index is 0.326. The Hall–Kier alpha value is -2.04. The fraction of sp³-hybridized carbons (Fsp3) is 0.125. The molecule has 0 saturated carbocycles. The zero-order valence-electron chi connectivity index (χ0n) is 11.7. The van der Waals surface area contributed by atoms with Crippen LogP contribution in [0.5, 0.6) is 0 Å². The zero-order valence-corrected chi connectivity index (χ0v) is 13.2. The van der Waals surface area contributed by atoms with Crippen molar-refractivity contribution in [3.63, 3.8) is 0 Å². The molecule has 0 bridgehead atoms. The lowest BCUT2D eigenvalue weighted by Crippen LogP contribution is -2.30. The predicted octanol–water partition coefficient (Wildman–Crippen LogP) is 4.18. The van der Waals surface area contributed by atoms with Crippen molar-refractivity contribution in [1.82, 2.24) is 0 Å².